The van der Waals surface area contributed by atoms with Crippen molar-refractivity contribution < 1.29 is 0 Å². The van der Waals surface area contributed by atoms with E-state index in [4.69, 9.17) is 0 Å². The highest BCUT2D eigenvalue weighted by atomic mass is 32.1. The molecule has 0 radical (unpaired) electrons. The van der Waals surface area contributed by atoms with Gasteiger partial charge in [-0.15, -0.1) is 17.9 Å². The third-order valence-corrected chi connectivity index (χ3v) is 3.62. The molecule has 0 saturated heterocycles. The molecule has 2 aromatic heterocycles. The van der Waals surface area contributed by atoms with Crippen LogP contribution in [0.2, 0.25) is 0 Å². The van der Waals surface area contributed by atoms with Crippen LogP contribution in [0.25, 0.3) is 21.3 Å². The van der Waals surface area contributed by atoms with Gasteiger partial charge in [0.05, 0.1) is 22.3 Å². The van der Waals surface area contributed by atoms with Crippen molar-refractivity contribution in [1.29, 1.82) is 0 Å². The second-order valence-electron chi connectivity index (χ2n) is 4.04. The maximum absolute atomic E-state index is 12.3. The van der Waals surface area contributed by atoms with Gasteiger partial charge in [-0.05, 0) is 6.07 Å². The standard InChI is InChI=1S/C14H11N3OS/c1-2-7-17-14(18)11-6-4-3-5-10(11)13(16-17)12-8-15-9-19-12/h2-6,8-9H,1,7H2. The monoisotopic (exact) mass is 269 g/mol. The number of rotatable bonds is 3. The van der Waals surface area contributed by atoms with E-state index in [-0.39, 0.29) is 5.56 Å². The summed E-state index contributed by atoms with van der Waals surface area (Å²) in [4.78, 5) is 17.3. The molecule has 0 amide bonds. The molecule has 0 unspecified atom stereocenters. The third-order valence-electron chi connectivity index (χ3n) is 2.84. The summed E-state index contributed by atoms with van der Waals surface area (Å²) in [7, 11) is 0. The van der Waals surface area contributed by atoms with E-state index in [9.17, 15) is 4.79 Å². The first-order valence-electron chi connectivity index (χ1n) is 5.81. The molecule has 0 aliphatic rings. The SMILES string of the molecule is C=CCn1nc(-c2cncs2)c2ccccc2c1=O. The second kappa shape index (κ2) is 4.78. The number of aromatic nitrogens is 3. The fourth-order valence-corrected chi connectivity index (χ4v) is 2.62. The van der Waals surface area contributed by atoms with E-state index in [2.05, 4.69) is 16.7 Å². The number of allylic oxidation sites excluding steroid dienone is 1. The van der Waals surface area contributed by atoms with Crippen LogP contribution in [0, 0.1) is 0 Å². The van der Waals surface area contributed by atoms with Crippen LogP contribution in [0.5, 0.6) is 0 Å². The van der Waals surface area contributed by atoms with Crippen molar-refractivity contribution in [1.82, 2.24) is 14.8 Å². The predicted molar refractivity (Wildman–Crippen MR) is 77.3 cm³/mol. The lowest BCUT2D eigenvalue weighted by Crippen LogP contribution is -2.23. The van der Waals surface area contributed by atoms with E-state index in [1.807, 2.05) is 24.3 Å². The minimum Gasteiger partial charge on any atom is -0.267 e. The van der Waals surface area contributed by atoms with Gasteiger partial charge in [0.25, 0.3) is 5.56 Å². The van der Waals surface area contributed by atoms with Crippen LogP contribution in [0.15, 0.2) is 53.4 Å². The molecule has 2 heterocycles. The van der Waals surface area contributed by atoms with Gasteiger partial charge in [0.1, 0.15) is 5.69 Å². The Balaban J connectivity index is 2.40. The first kappa shape index (κ1) is 11.8. The fourth-order valence-electron chi connectivity index (χ4n) is 2.00. The lowest BCUT2D eigenvalue weighted by atomic mass is 10.1. The highest BCUT2D eigenvalue weighted by Crippen LogP contribution is 2.27. The molecule has 0 saturated carbocycles. The van der Waals surface area contributed by atoms with E-state index >= 15 is 0 Å². The van der Waals surface area contributed by atoms with Crippen LogP contribution in [0.3, 0.4) is 0 Å². The maximum atomic E-state index is 12.3. The van der Waals surface area contributed by atoms with Crippen LogP contribution in [-0.2, 0) is 6.54 Å². The van der Waals surface area contributed by atoms with E-state index in [1.54, 1.807) is 17.8 Å². The minimum absolute atomic E-state index is 0.0937. The van der Waals surface area contributed by atoms with Gasteiger partial charge in [-0.2, -0.15) is 5.10 Å². The van der Waals surface area contributed by atoms with Crippen molar-refractivity contribution in [2.45, 2.75) is 6.54 Å². The molecule has 0 spiro atoms. The van der Waals surface area contributed by atoms with Gasteiger partial charge in [-0.1, -0.05) is 24.3 Å². The summed E-state index contributed by atoms with van der Waals surface area (Å²) in [6, 6.07) is 7.50. The molecule has 94 valence electrons. The van der Waals surface area contributed by atoms with Crippen LogP contribution < -0.4 is 5.56 Å². The number of benzene rings is 1. The lowest BCUT2D eigenvalue weighted by Gasteiger charge is -2.08. The second-order valence-corrected chi connectivity index (χ2v) is 4.92. The normalized spacial score (nSPS) is 10.7. The molecule has 0 N–H and O–H groups in total. The summed E-state index contributed by atoms with van der Waals surface area (Å²) in [5.41, 5.74) is 2.46. The molecular formula is C14H11N3OS. The van der Waals surface area contributed by atoms with E-state index in [0.29, 0.717) is 11.9 Å². The van der Waals surface area contributed by atoms with E-state index < -0.39 is 0 Å². The number of hydrogen-bond donors (Lipinski definition) is 0. The molecule has 0 aliphatic carbocycles. The van der Waals surface area contributed by atoms with Crippen molar-refractivity contribution in [2.75, 3.05) is 0 Å². The van der Waals surface area contributed by atoms with E-state index in [0.717, 1.165) is 16.0 Å². The Morgan fingerprint density at radius 2 is 2.11 bits per heavy atom. The summed E-state index contributed by atoms with van der Waals surface area (Å²) in [5.74, 6) is 0. The van der Waals surface area contributed by atoms with Gasteiger partial charge in [0, 0.05) is 11.6 Å². The van der Waals surface area contributed by atoms with Crippen molar-refractivity contribution in [3.63, 3.8) is 0 Å². The quantitative estimate of drug-likeness (QED) is 0.687. The molecule has 19 heavy (non-hydrogen) atoms. The largest absolute Gasteiger partial charge is 0.274 e. The summed E-state index contributed by atoms with van der Waals surface area (Å²) in [6.07, 6.45) is 3.43. The molecular weight excluding hydrogens is 258 g/mol. The summed E-state index contributed by atoms with van der Waals surface area (Å²) < 4.78 is 1.43. The Morgan fingerprint density at radius 1 is 1.32 bits per heavy atom. The Kier molecular flexibility index (Phi) is 2.97. The molecule has 0 atom stereocenters. The smallest absolute Gasteiger partial charge is 0.267 e. The summed E-state index contributed by atoms with van der Waals surface area (Å²) in [6.45, 7) is 4.06. The molecule has 0 bridgehead atoms. The van der Waals surface area contributed by atoms with Gasteiger partial charge in [-0.3, -0.25) is 9.78 Å². The van der Waals surface area contributed by atoms with Gasteiger partial charge in [0.2, 0.25) is 0 Å². The van der Waals surface area contributed by atoms with Crippen LogP contribution in [0.4, 0.5) is 0 Å². The minimum atomic E-state index is -0.0937. The number of nitrogens with zero attached hydrogens (tertiary/aromatic N) is 3. The first-order valence-corrected chi connectivity index (χ1v) is 6.69. The fraction of sp³-hybridized carbons (Fsp3) is 0.0714. The Morgan fingerprint density at radius 3 is 2.79 bits per heavy atom. The Hall–Kier alpha value is -2.27. The zero-order chi connectivity index (χ0) is 13.2. The highest BCUT2D eigenvalue weighted by Gasteiger charge is 2.12. The molecule has 3 rings (SSSR count). The molecule has 5 heteroatoms. The van der Waals surface area contributed by atoms with Gasteiger partial charge >= 0.3 is 0 Å². The first-order chi connectivity index (χ1) is 9.31. The molecule has 1 aromatic carbocycles. The van der Waals surface area contributed by atoms with Crippen LogP contribution in [0.1, 0.15) is 0 Å². The molecule has 3 aromatic rings. The van der Waals surface area contributed by atoms with Crippen LogP contribution in [-0.4, -0.2) is 14.8 Å². The van der Waals surface area contributed by atoms with Crippen LogP contribution >= 0.6 is 11.3 Å². The zero-order valence-electron chi connectivity index (χ0n) is 10.1. The average molecular weight is 269 g/mol. The average Bonchev–Trinajstić information content (AvgIpc) is 2.96. The lowest BCUT2D eigenvalue weighted by molar-refractivity contribution is 0.665. The predicted octanol–water partition coefficient (Wildman–Crippen LogP) is 2.71. The van der Waals surface area contributed by atoms with Crippen molar-refractivity contribution in [2.24, 2.45) is 0 Å². The Bertz CT molecular complexity index is 790. The van der Waals surface area contributed by atoms with Crippen molar-refractivity contribution >= 4 is 22.1 Å². The molecule has 0 fully saturated rings. The summed E-state index contributed by atoms with van der Waals surface area (Å²) >= 11 is 1.51. The third kappa shape index (κ3) is 1.98. The topological polar surface area (TPSA) is 47.8 Å². The van der Waals surface area contributed by atoms with Gasteiger partial charge in [-0.25, -0.2) is 4.68 Å². The van der Waals surface area contributed by atoms with Gasteiger partial charge in [0.15, 0.2) is 0 Å². The molecule has 4 nitrogen and oxygen atoms in total. The number of thiazole rings is 1. The molecule has 0 aliphatic heterocycles. The highest BCUT2D eigenvalue weighted by molar-refractivity contribution is 7.13. The van der Waals surface area contributed by atoms with Crippen molar-refractivity contribution in [3.8, 4) is 10.6 Å². The van der Waals surface area contributed by atoms with E-state index in [1.165, 1.54) is 16.0 Å². The maximum Gasteiger partial charge on any atom is 0.274 e. The number of fused-ring (bicyclic) bond motifs is 1. The number of hydrogen-bond acceptors (Lipinski definition) is 4. The summed E-state index contributed by atoms with van der Waals surface area (Å²) in [5, 5.41) is 5.96. The van der Waals surface area contributed by atoms with Gasteiger partial charge < -0.3 is 0 Å². The Labute approximate surface area is 113 Å². The zero-order valence-corrected chi connectivity index (χ0v) is 10.9. The van der Waals surface area contributed by atoms with Crippen molar-refractivity contribution in [3.05, 3.63) is 59.0 Å².